The zero-order valence-electron chi connectivity index (χ0n) is 18.0. The van der Waals surface area contributed by atoms with Crippen LogP contribution >= 0.6 is 0 Å². The molecule has 0 aliphatic heterocycles. The number of hydrogen-bond acceptors (Lipinski definition) is 1. The minimum Gasteiger partial charge on any atom is -0.508 e. The van der Waals surface area contributed by atoms with Crippen molar-refractivity contribution in [3.05, 3.63) is 89.0 Å². The smallest absolute Gasteiger partial charge is 0.115 e. The van der Waals surface area contributed by atoms with Gasteiger partial charge in [-0.05, 0) is 62.8 Å². The van der Waals surface area contributed by atoms with Gasteiger partial charge in [0.25, 0.3) is 0 Å². The number of aromatic hydroxyl groups is 1. The van der Waals surface area contributed by atoms with E-state index in [4.69, 9.17) is 5.11 Å². The Labute approximate surface area is 170 Å². The Morgan fingerprint density at radius 2 is 1.18 bits per heavy atom. The van der Waals surface area contributed by atoms with E-state index in [0.29, 0.717) is 5.75 Å². The standard InChI is InChI=1S/C21H26.C6H6O/c1-20(2,3)16-9-10-18-15(12-16)11-14-7-8-17(13-19(14)18)21(4,5)6;7-6-4-2-1-3-5-6/h7-10,12-13H,11H2,1-6H3;1-5,7H. The maximum Gasteiger partial charge on any atom is 0.115 e. The molecule has 0 radical (unpaired) electrons. The number of hydrogen-bond donors (Lipinski definition) is 1. The maximum atomic E-state index is 8.63. The van der Waals surface area contributed by atoms with Gasteiger partial charge < -0.3 is 5.11 Å². The Kier molecular flexibility index (Phi) is 5.39. The van der Waals surface area contributed by atoms with Crippen molar-refractivity contribution in [2.75, 3.05) is 0 Å². The minimum absolute atomic E-state index is 0.211. The summed E-state index contributed by atoms with van der Waals surface area (Å²) in [5.74, 6) is 0.322. The number of fused-ring (bicyclic) bond motifs is 3. The summed E-state index contributed by atoms with van der Waals surface area (Å²) in [5.41, 5.74) is 9.14. The van der Waals surface area contributed by atoms with E-state index in [-0.39, 0.29) is 10.8 Å². The molecule has 4 rings (SSSR count). The van der Waals surface area contributed by atoms with Gasteiger partial charge in [0.2, 0.25) is 0 Å². The van der Waals surface area contributed by atoms with E-state index in [1.807, 2.05) is 6.07 Å². The molecule has 1 nitrogen and oxygen atoms in total. The highest BCUT2D eigenvalue weighted by Crippen LogP contribution is 2.40. The Hall–Kier alpha value is -2.54. The van der Waals surface area contributed by atoms with Gasteiger partial charge in [-0.15, -0.1) is 0 Å². The lowest BCUT2D eigenvalue weighted by molar-refractivity contribution is 0.475. The predicted octanol–water partition coefficient (Wildman–Crippen LogP) is 7.25. The number of phenols is 1. The van der Waals surface area contributed by atoms with Crippen molar-refractivity contribution >= 4 is 0 Å². The average Bonchev–Trinajstić information content (AvgIpc) is 2.98. The zero-order valence-corrected chi connectivity index (χ0v) is 18.0. The van der Waals surface area contributed by atoms with Gasteiger partial charge in [0.05, 0.1) is 0 Å². The third-order valence-electron chi connectivity index (χ3n) is 5.37. The van der Waals surface area contributed by atoms with Crippen molar-refractivity contribution in [2.24, 2.45) is 0 Å². The lowest BCUT2D eigenvalue weighted by Crippen LogP contribution is -2.11. The molecule has 3 aromatic carbocycles. The van der Waals surface area contributed by atoms with Crippen LogP contribution < -0.4 is 0 Å². The summed E-state index contributed by atoms with van der Waals surface area (Å²) in [7, 11) is 0. The van der Waals surface area contributed by atoms with Gasteiger partial charge in [0.1, 0.15) is 5.75 Å². The van der Waals surface area contributed by atoms with Gasteiger partial charge in [0, 0.05) is 0 Å². The lowest BCUT2D eigenvalue weighted by atomic mass is 9.84. The first-order valence-corrected chi connectivity index (χ1v) is 10.1. The Balaban J connectivity index is 0.000000271. The summed E-state index contributed by atoms with van der Waals surface area (Å²) in [5, 5.41) is 8.63. The van der Waals surface area contributed by atoms with E-state index >= 15 is 0 Å². The average molecular weight is 373 g/mol. The van der Waals surface area contributed by atoms with E-state index in [2.05, 4.69) is 77.9 Å². The zero-order chi connectivity index (χ0) is 20.5. The summed E-state index contributed by atoms with van der Waals surface area (Å²) >= 11 is 0. The summed E-state index contributed by atoms with van der Waals surface area (Å²) in [6.45, 7) is 13.7. The number of benzene rings is 3. The second kappa shape index (κ2) is 7.47. The van der Waals surface area contributed by atoms with Crippen molar-refractivity contribution in [3.63, 3.8) is 0 Å². The second-order valence-electron chi connectivity index (χ2n) is 9.76. The van der Waals surface area contributed by atoms with E-state index in [1.165, 1.54) is 33.4 Å². The van der Waals surface area contributed by atoms with Crippen LogP contribution in [0.1, 0.15) is 63.8 Å². The Morgan fingerprint density at radius 3 is 1.71 bits per heavy atom. The molecule has 28 heavy (non-hydrogen) atoms. The molecule has 1 aliphatic rings. The molecule has 1 N–H and O–H groups in total. The fourth-order valence-corrected chi connectivity index (χ4v) is 3.55. The predicted molar refractivity (Wildman–Crippen MR) is 120 cm³/mol. The number of phenolic OH excluding ortho intramolecular Hbond substituents is 1. The molecule has 0 saturated carbocycles. The van der Waals surface area contributed by atoms with Crippen molar-refractivity contribution in [1.82, 2.24) is 0 Å². The van der Waals surface area contributed by atoms with Crippen LogP contribution in [0.2, 0.25) is 0 Å². The van der Waals surface area contributed by atoms with E-state index < -0.39 is 0 Å². The topological polar surface area (TPSA) is 20.2 Å². The third-order valence-corrected chi connectivity index (χ3v) is 5.37. The molecule has 146 valence electrons. The number of rotatable bonds is 0. The van der Waals surface area contributed by atoms with E-state index in [1.54, 1.807) is 24.3 Å². The minimum atomic E-state index is 0.211. The SMILES string of the molecule is CC(C)(C)c1ccc2c(c1)Cc1ccc(C(C)(C)C)cc1-2.Oc1ccccc1. The fourth-order valence-electron chi connectivity index (χ4n) is 3.55. The molecular formula is C27H32O. The molecular weight excluding hydrogens is 340 g/mol. The molecule has 0 amide bonds. The molecule has 3 aromatic rings. The van der Waals surface area contributed by atoms with Crippen LogP contribution in [0.25, 0.3) is 11.1 Å². The van der Waals surface area contributed by atoms with Crippen molar-refractivity contribution in [2.45, 2.75) is 58.8 Å². The van der Waals surface area contributed by atoms with E-state index in [0.717, 1.165) is 6.42 Å². The summed E-state index contributed by atoms with van der Waals surface area (Å²) in [6.07, 6.45) is 1.08. The molecule has 0 aromatic heterocycles. The molecule has 0 atom stereocenters. The van der Waals surface area contributed by atoms with Crippen molar-refractivity contribution < 1.29 is 5.11 Å². The molecule has 0 unspecified atom stereocenters. The third kappa shape index (κ3) is 4.47. The first-order chi connectivity index (χ1) is 13.1. The van der Waals surface area contributed by atoms with Gasteiger partial charge in [-0.2, -0.15) is 0 Å². The highest BCUT2D eigenvalue weighted by atomic mass is 16.3. The maximum absolute atomic E-state index is 8.63. The molecule has 0 spiro atoms. The Bertz CT molecular complexity index is 954. The first kappa shape index (κ1) is 20.2. The van der Waals surface area contributed by atoms with Gasteiger partial charge >= 0.3 is 0 Å². The van der Waals surface area contributed by atoms with Crippen LogP contribution in [0.15, 0.2) is 66.7 Å². The summed E-state index contributed by atoms with van der Waals surface area (Å²) < 4.78 is 0. The van der Waals surface area contributed by atoms with Gasteiger partial charge in [-0.3, -0.25) is 0 Å². The van der Waals surface area contributed by atoms with Crippen LogP contribution in [0.3, 0.4) is 0 Å². The van der Waals surface area contributed by atoms with Crippen molar-refractivity contribution in [3.8, 4) is 16.9 Å². The Morgan fingerprint density at radius 1 is 0.607 bits per heavy atom. The van der Waals surface area contributed by atoms with Gasteiger partial charge in [-0.25, -0.2) is 0 Å². The van der Waals surface area contributed by atoms with Gasteiger partial charge in [0.15, 0.2) is 0 Å². The molecule has 0 fully saturated rings. The van der Waals surface area contributed by atoms with Crippen molar-refractivity contribution in [1.29, 1.82) is 0 Å². The monoisotopic (exact) mass is 372 g/mol. The normalized spacial score (nSPS) is 12.6. The summed E-state index contributed by atoms with van der Waals surface area (Å²) in [6, 6.07) is 22.8. The highest BCUT2D eigenvalue weighted by molar-refractivity contribution is 5.78. The number of para-hydroxylation sites is 1. The summed E-state index contributed by atoms with van der Waals surface area (Å²) in [4.78, 5) is 0. The van der Waals surface area contributed by atoms with Crippen LogP contribution in [0.4, 0.5) is 0 Å². The quantitative estimate of drug-likeness (QED) is 0.345. The molecule has 1 heteroatoms. The lowest BCUT2D eigenvalue weighted by Gasteiger charge is -2.21. The highest BCUT2D eigenvalue weighted by Gasteiger charge is 2.23. The van der Waals surface area contributed by atoms with E-state index in [9.17, 15) is 0 Å². The van der Waals surface area contributed by atoms with Gasteiger partial charge in [-0.1, -0.05) is 96.1 Å². The molecule has 0 bridgehead atoms. The van der Waals surface area contributed by atoms with Crippen LogP contribution in [-0.4, -0.2) is 5.11 Å². The molecule has 0 heterocycles. The largest absolute Gasteiger partial charge is 0.508 e. The van der Waals surface area contributed by atoms with Crippen LogP contribution in [0, 0.1) is 0 Å². The molecule has 0 saturated heterocycles. The molecule has 1 aliphatic carbocycles. The van der Waals surface area contributed by atoms with Crippen LogP contribution in [-0.2, 0) is 17.3 Å². The van der Waals surface area contributed by atoms with Crippen LogP contribution in [0.5, 0.6) is 5.75 Å². The fraction of sp³-hybridized carbons (Fsp3) is 0.333. The first-order valence-electron chi connectivity index (χ1n) is 10.1. The second-order valence-corrected chi connectivity index (χ2v) is 9.76.